The average molecular weight is 620 g/mol. The molecule has 10 nitrogen and oxygen atoms in total. The minimum absolute atomic E-state index is 0.189. The summed E-state index contributed by atoms with van der Waals surface area (Å²) in [5, 5.41) is 8.73. The first-order chi connectivity index (χ1) is 22.0. The van der Waals surface area contributed by atoms with E-state index in [9.17, 15) is 9.59 Å². The largest absolute Gasteiger partial charge is 0.493 e. The van der Waals surface area contributed by atoms with Crippen molar-refractivity contribution >= 4 is 45.4 Å². The predicted molar refractivity (Wildman–Crippen MR) is 173 cm³/mol. The Morgan fingerprint density at radius 2 is 1.67 bits per heavy atom. The van der Waals surface area contributed by atoms with Crippen molar-refractivity contribution in [3.8, 4) is 34.0 Å². The number of anilines is 2. The zero-order chi connectivity index (χ0) is 32.6. The number of nitrogens with one attached hydrogen (secondary N) is 1. The van der Waals surface area contributed by atoms with E-state index in [1.165, 1.54) is 24.8 Å². The molecule has 0 bridgehead atoms. The topological polar surface area (TPSA) is 117 Å². The van der Waals surface area contributed by atoms with Gasteiger partial charge in [0.25, 0.3) is 0 Å². The summed E-state index contributed by atoms with van der Waals surface area (Å²) in [4.78, 5) is 34.0. The molecule has 0 aliphatic heterocycles. The van der Waals surface area contributed by atoms with Crippen LogP contribution in [0.25, 0.3) is 44.3 Å². The summed E-state index contributed by atoms with van der Waals surface area (Å²) in [6.45, 7) is 6.65. The van der Waals surface area contributed by atoms with Crippen LogP contribution in [0.3, 0.4) is 0 Å². The molecule has 0 saturated heterocycles. The Hall–Kier alpha value is -5.84. The molecule has 4 aromatic carbocycles. The number of ether oxygens (including phenoxy) is 3. The molecule has 46 heavy (non-hydrogen) atoms. The summed E-state index contributed by atoms with van der Waals surface area (Å²) < 4.78 is 32.9. The molecule has 0 saturated carbocycles. The minimum atomic E-state index is -0.680. The number of nitrogens with zero attached hydrogens (tertiary/aromatic N) is 4. The van der Waals surface area contributed by atoms with Gasteiger partial charge in [0.2, 0.25) is 0 Å². The molecule has 0 unspecified atom stereocenters. The standard InChI is InChI=1S/C35H30FN5O5/c1-20(42)45-31-17-26-28(18-30(31)44-5)39-32(22-11-13-25(27(36)16-22)21-9-7-6-8-10-21)40-33(26)38-24-12-14-29-23(15-24)19-37-41(29)34(43)46-35(2,3)4/h6-19H,1-5H3,(H,38,39,40). The summed E-state index contributed by atoms with van der Waals surface area (Å²) in [6, 6.07) is 22.7. The van der Waals surface area contributed by atoms with E-state index in [-0.39, 0.29) is 11.6 Å². The van der Waals surface area contributed by atoms with Crippen LogP contribution in [-0.4, -0.2) is 44.5 Å². The molecule has 6 rings (SSSR count). The molecule has 232 valence electrons. The van der Waals surface area contributed by atoms with Gasteiger partial charge in [0.05, 0.1) is 24.3 Å². The summed E-state index contributed by atoms with van der Waals surface area (Å²) in [5.74, 6) is 0.162. The number of rotatable bonds is 6. The number of fused-ring (bicyclic) bond motifs is 2. The Balaban J connectivity index is 1.44. The van der Waals surface area contributed by atoms with E-state index >= 15 is 4.39 Å². The zero-order valence-electron chi connectivity index (χ0n) is 25.8. The van der Waals surface area contributed by atoms with Gasteiger partial charge < -0.3 is 19.5 Å². The van der Waals surface area contributed by atoms with E-state index in [0.29, 0.717) is 50.2 Å². The first kappa shape index (κ1) is 30.2. The van der Waals surface area contributed by atoms with Gasteiger partial charge in [-0.1, -0.05) is 42.5 Å². The number of carbonyl (C=O) groups is 2. The Labute approximate surface area is 263 Å². The maximum absolute atomic E-state index is 15.4. The number of aromatic nitrogens is 4. The van der Waals surface area contributed by atoms with Crippen LogP contribution in [0, 0.1) is 5.82 Å². The zero-order valence-corrected chi connectivity index (χ0v) is 25.8. The lowest BCUT2D eigenvalue weighted by atomic mass is 10.0. The van der Waals surface area contributed by atoms with Gasteiger partial charge >= 0.3 is 12.1 Å². The lowest BCUT2D eigenvalue weighted by molar-refractivity contribution is -0.132. The Morgan fingerprint density at radius 3 is 2.37 bits per heavy atom. The smallest absolute Gasteiger partial charge is 0.435 e. The summed E-state index contributed by atoms with van der Waals surface area (Å²) in [7, 11) is 1.46. The Kier molecular flexibility index (Phi) is 7.83. The normalized spacial score (nSPS) is 11.4. The average Bonchev–Trinajstić information content (AvgIpc) is 3.44. The monoisotopic (exact) mass is 619 g/mol. The highest BCUT2D eigenvalue weighted by molar-refractivity contribution is 5.96. The van der Waals surface area contributed by atoms with Gasteiger partial charge in [-0.3, -0.25) is 4.79 Å². The lowest BCUT2D eigenvalue weighted by Crippen LogP contribution is -2.27. The highest BCUT2D eigenvalue weighted by Gasteiger charge is 2.21. The van der Waals surface area contributed by atoms with Crippen molar-refractivity contribution in [1.82, 2.24) is 19.7 Å². The second-order valence-corrected chi connectivity index (χ2v) is 11.5. The molecule has 1 N–H and O–H groups in total. The van der Waals surface area contributed by atoms with E-state index < -0.39 is 23.5 Å². The Bertz CT molecular complexity index is 2120. The van der Waals surface area contributed by atoms with Crippen molar-refractivity contribution in [2.24, 2.45) is 0 Å². The van der Waals surface area contributed by atoms with Gasteiger partial charge in [-0.15, -0.1) is 0 Å². The molecule has 0 amide bonds. The molecule has 2 aromatic heterocycles. The number of halogens is 1. The van der Waals surface area contributed by atoms with Crippen LogP contribution in [0.15, 0.2) is 85.1 Å². The van der Waals surface area contributed by atoms with Crippen molar-refractivity contribution in [1.29, 1.82) is 0 Å². The van der Waals surface area contributed by atoms with Crippen LogP contribution in [0.2, 0.25) is 0 Å². The second-order valence-electron chi connectivity index (χ2n) is 11.5. The number of hydrogen-bond donors (Lipinski definition) is 1. The minimum Gasteiger partial charge on any atom is -0.493 e. The van der Waals surface area contributed by atoms with Gasteiger partial charge in [0, 0.05) is 40.6 Å². The first-order valence-corrected chi connectivity index (χ1v) is 14.4. The second kappa shape index (κ2) is 11.9. The molecule has 2 heterocycles. The maximum atomic E-state index is 15.4. The van der Waals surface area contributed by atoms with Crippen LogP contribution in [0.1, 0.15) is 27.7 Å². The molecular weight excluding hydrogens is 589 g/mol. The first-order valence-electron chi connectivity index (χ1n) is 14.4. The van der Waals surface area contributed by atoms with Gasteiger partial charge in [-0.05, 0) is 56.7 Å². The molecule has 0 atom stereocenters. The maximum Gasteiger partial charge on any atom is 0.435 e. The third-order valence-corrected chi connectivity index (χ3v) is 6.94. The summed E-state index contributed by atoms with van der Waals surface area (Å²) >= 11 is 0. The number of esters is 1. The van der Waals surface area contributed by atoms with Gasteiger partial charge in [0.1, 0.15) is 17.2 Å². The lowest BCUT2D eigenvalue weighted by Gasteiger charge is -2.19. The molecule has 0 aliphatic rings. The van der Waals surface area contributed by atoms with Crippen LogP contribution in [0.4, 0.5) is 20.7 Å². The SMILES string of the molecule is COc1cc2nc(-c3ccc(-c4ccccc4)c(F)c3)nc(Nc3ccc4c(cnn4C(=O)OC(C)(C)C)c3)c2cc1OC(C)=O. The van der Waals surface area contributed by atoms with Gasteiger partial charge in [-0.25, -0.2) is 19.2 Å². The van der Waals surface area contributed by atoms with E-state index in [1.807, 2.05) is 36.4 Å². The number of carbonyl (C=O) groups excluding carboxylic acids is 2. The third kappa shape index (κ3) is 6.20. The molecule has 0 spiro atoms. The third-order valence-electron chi connectivity index (χ3n) is 6.94. The van der Waals surface area contributed by atoms with E-state index in [1.54, 1.807) is 63.4 Å². The fraction of sp³-hybridized carbons (Fsp3) is 0.171. The van der Waals surface area contributed by atoms with Crippen molar-refractivity contribution < 1.29 is 28.2 Å². The number of benzene rings is 4. The van der Waals surface area contributed by atoms with Crippen molar-refractivity contribution in [3.05, 3.63) is 90.9 Å². The highest BCUT2D eigenvalue weighted by atomic mass is 19.1. The fourth-order valence-electron chi connectivity index (χ4n) is 4.96. The highest BCUT2D eigenvalue weighted by Crippen LogP contribution is 2.37. The number of hydrogen-bond acceptors (Lipinski definition) is 9. The van der Waals surface area contributed by atoms with Crippen molar-refractivity contribution in [2.75, 3.05) is 12.4 Å². The van der Waals surface area contributed by atoms with Gasteiger partial charge in [-0.2, -0.15) is 9.78 Å². The van der Waals surface area contributed by atoms with E-state index in [2.05, 4.69) is 10.4 Å². The van der Waals surface area contributed by atoms with Crippen LogP contribution < -0.4 is 14.8 Å². The molecule has 0 fully saturated rings. The molecule has 6 aromatic rings. The van der Waals surface area contributed by atoms with Crippen LogP contribution >= 0.6 is 0 Å². The summed E-state index contributed by atoms with van der Waals surface area (Å²) in [5.41, 5.74) is 2.63. The summed E-state index contributed by atoms with van der Waals surface area (Å²) in [6.07, 6.45) is 0.974. The molecule has 0 radical (unpaired) electrons. The van der Waals surface area contributed by atoms with Crippen molar-refractivity contribution in [2.45, 2.75) is 33.3 Å². The van der Waals surface area contributed by atoms with Gasteiger partial charge in [0.15, 0.2) is 17.3 Å². The Morgan fingerprint density at radius 1 is 0.891 bits per heavy atom. The fourth-order valence-corrected chi connectivity index (χ4v) is 4.96. The number of methoxy groups -OCH3 is 1. The van der Waals surface area contributed by atoms with Crippen molar-refractivity contribution in [3.63, 3.8) is 0 Å². The van der Waals surface area contributed by atoms with E-state index in [0.717, 1.165) is 5.56 Å². The molecule has 11 heteroatoms. The van der Waals surface area contributed by atoms with E-state index in [4.69, 9.17) is 24.2 Å². The molecular formula is C35H30FN5O5. The van der Waals surface area contributed by atoms with Crippen LogP contribution in [0.5, 0.6) is 11.5 Å². The molecule has 0 aliphatic carbocycles. The van der Waals surface area contributed by atoms with Crippen LogP contribution in [-0.2, 0) is 9.53 Å². The quantitative estimate of drug-likeness (QED) is 0.147. The predicted octanol–water partition coefficient (Wildman–Crippen LogP) is 7.91.